The molecule has 1 aromatic carbocycles. The molecule has 1 unspecified atom stereocenters. The summed E-state index contributed by atoms with van der Waals surface area (Å²) in [5.41, 5.74) is 6.13. The minimum absolute atomic E-state index is 0.0276. The zero-order valence-corrected chi connectivity index (χ0v) is 13.1. The Morgan fingerprint density at radius 3 is 2.80 bits per heavy atom. The number of rotatable bonds is 7. The number of nitrogens with two attached hydrogens (primary N) is 1. The number of hydrogen-bond acceptors (Lipinski definition) is 3. The Kier molecular flexibility index (Phi) is 6.45. The fourth-order valence-electron chi connectivity index (χ4n) is 1.77. The first-order valence-corrected chi connectivity index (χ1v) is 7.14. The van der Waals surface area contributed by atoms with Crippen LogP contribution in [0.15, 0.2) is 24.3 Å². The van der Waals surface area contributed by atoms with Crippen molar-refractivity contribution in [3.63, 3.8) is 0 Å². The summed E-state index contributed by atoms with van der Waals surface area (Å²) >= 11 is 4.88. The molecule has 1 atom stereocenters. The lowest BCUT2D eigenvalue weighted by atomic mass is 10.1. The number of hydrogen-bond donors (Lipinski definition) is 1. The lowest BCUT2D eigenvalue weighted by Crippen LogP contribution is -2.37. The Morgan fingerprint density at radius 2 is 2.20 bits per heavy atom. The summed E-state index contributed by atoms with van der Waals surface area (Å²) in [7, 11) is 1.75. The van der Waals surface area contributed by atoms with E-state index in [0.717, 1.165) is 6.42 Å². The van der Waals surface area contributed by atoms with E-state index in [1.54, 1.807) is 24.1 Å². The standard InChI is InChI=1S/C15H22N2O2S/c1-4-8-19-13-7-5-6-12(10-13)15(18)17(3)11(2)9-14(16)20/h5-7,10-11H,4,8-9H2,1-3H3,(H2,16,20). The molecule has 0 saturated carbocycles. The van der Waals surface area contributed by atoms with Crippen molar-refractivity contribution in [3.8, 4) is 5.75 Å². The fraction of sp³-hybridized carbons (Fsp3) is 0.467. The SMILES string of the molecule is CCCOc1cccc(C(=O)N(C)C(C)CC(N)=S)c1. The van der Waals surface area contributed by atoms with Crippen molar-refractivity contribution in [2.45, 2.75) is 32.7 Å². The van der Waals surface area contributed by atoms with Gasteiger partial charge in [0.05, 0.1) is 11.6 Å². The number of carbonyl (C=O) groups is 1. The molecule has 0 aliphatic carbocycles. The maximum Gasteiger partial charge on any atom is 0.253 e. The zero-order valence-electron chi connectivity index (χ0n) is 12.3. The van der Waals surface area contributed by atoms with Gasteiger partial charge in [-0.05, 0) is 31.5 Å². The summed E-state index contributed by atoms with van der Waals surface area (Å²) in [4.78, 5) is 14.4. The molecular formula is C15H22N2O2S. The Hall–Kier alpha value is -1.62. The van der Waals surface area contributed by atoms with Crippen molar-refractivity contribution in [1.29, 1.82) is 0 Å². The second-order valence-electron chi connectivity index (χ2n) is 4.81. The van der Waals surface area contributed by atoms with Gasteiger partial charge in [-0.3, -0.25) is 4.79 Å². The molecular weight excluding hydrogens is 272 g/mol. The molecule has 1 rings (SSSR count). The van der Waals surface area contributed by atoms with Gasteiger partial charge in [0, 0.05) is 25.1 Å². The number of benzene rings is 1. The molecule has 0 fully saturated rings. The Morgan fingerprint density at radius 1 is 1.50 bits per heavy atom. The third kappa shape index (κ3) is 4.81. The van der Waals surface area contributed by atoms with Crippen molar-refractivity contribution in [1.82, 2.24) is 4.90 Å². The summed E-state index contributed by atoms with van der Waals surface area (Å²) in [6.45, 7) is 4.61. The van der Waals surface area contributed by atoms with Crippen molar-refractivity contribution in [2.75, 3.05) is 13.7 Å². The predicted octanol–water partition coefficient (Wildman–Crippen LogP) is 2.61. The summed E-state index contributed by atoms with van der Waals surface area (Å²) in [5, 5.41) is 0. The first kappa shape index (κ1) is 16.4. The highest BCUT2D eigenvalue weighted by atomic mass is 32.1. The van der Waals surface area contributed by atoms with Gasteiger partial charge in [-0.2, -0.15) is 0 Å². The van der Waals surface area contributed by atoms with Gasteiger partial charge >= 0.3 is 0 Å². The highest BCUT2D eigenvalue weighted by Crippen LogP contribution is 2.16. The second-order valence-corrected chi connectivity index (χ2v) is 5.34. The van der Waals surface area contributed by atoms with Crippen molar-refractivity contribution in [3.05, 3.63) is 29.8 Å². The van der Waals surface area contributed by atoms with Crippen LogP contribution in [-0.4, -0.2) is 35.5 Å². The fourth-order valence-corrected chi connectivity index (χ4v) is 2.01. The smallest absolute Gasteiger partial charge is 0.253 e. The predicted molar refractivity (Wildman–Crippen MR) is 85.2 cm³/mol. The Balaban J connectivity index is 2.77. The minimum Gasteiger partial charge on any atom is -0.494 e. The average molecular weight is 294 g/mol. The number of ether oxygens (including phenoxy) is 1. The average Bonchev–Trinajstić information content (AvgIpc) is 2.43. The van der Waals surface area contributed by atoms with Crippen molar-refractivity contribution >= 4 is 23.1 Å². The van der Waals surface area contributed by atoms with E-state index in [2.05, 4.69) is 0 Å². The maximum absolute atomic E-state index is 12.4. The quantitative estimate of drug-likeness (QED) is 0.785. The monoisotopic (exact) mass is 294 g/mol. The molecule has 0 bridgehead atoms. The summed E-state index contributed by atoms with van der Waals surface area (Å²) in [6, 6.07) is 7.20. The Bertz CT molecular complexity index is 477. The molecule has 2 N–H and O–H groups in total. The van der Waals surface area contributed by atoms with Gasteiger partial charge in [-0.1, -0.05) is 25.2 Å². The lowest BCUT2D eigenvalue weighted by Gasteiger charge is -2.24. The number of carbonyl (C=O) groups excluding carboxylic acids is 1. The van der Waals surface area contributed by atoms with Crippen LogP contribution in [-0.2, 0) is 0 Å². The molecule has 0 aromatic heterocycles. The van der Waals surface area contributed by atoms with Crippen molar-refractivity contribution in [2.24, 2.45) is 5.73 Å². The molecule has 0 saturated heterocycles. The number of nitrogens with zero attached hydrogens (tertiary/aromatic N) is 1. The molecule has 1 amide bonds. The first-order valence-electron chi connectivity index (χ1n) is 6.74. The molecule has 0 radical (unpaired) electrons. The lowest BCUT2D eigenvalue weighted by molar-refractivity contribution is 0.0747. The molecule has 4 nitrogen and oxygen atoms in total. The highest BCUT2D eigenvalue weighted by molar-refractivity contribution is 7.80. The minimum atomic E-state index is -0.0595. The van der Waals surface area contributed by atoms with E-state index in [4.69, 9.17) is 22.7 Å². The van der Waals surface area contributed by atoms with E-state index in [1.807, 2.05) is 26.0 Å². The van der Waals surface area contributed by atoms with Crippen LogP contribution < -0.4 is 10.5 Å². The molecule has 1 aromatic rings. The summed E-state index contributed by atoms with van der Waals surface area (Å²) < 4.78 is 5.54. The van der Waals surface area contributed by atoms with Gasteiger partial charge in [-0.25, -0.2) is 0 Å². The van der Waals surface area contributed by atoms with E-state index in [1.165, 1.54) is 0 Å². The van der Waals surface area contributed by atoms with Gasteiger partial charge < -0.3 is 15.4 Å². The number of amides is 1. The van der Waals surface area contributed by atoms with Crippen LogP contribution in [0.4, 0.5) is 0 Å². The highest BCUT2D eigenvalue weighted by Gasteiger charge is 2.18. The number of thiocarbonyl (C=S) groups is 1. The molecule has 110 valence electrons. The van der Waals surface area contributed by atoms with E-state index >= 15 is 0 Å². The van der Waals surface area contributed by atoms with Gasteiger partial charge in [0.1, 0.15) is 5.75 Å². The van der Waals surface area contributed by atoms with Crippen LogP contribution in [0.2, 0.25) is 0 Å². The van der Waals surface area contributed by atoms with E-state index in [-0.39, 0.29) is 11.9 Å². The summed E-state index contributed by atoms with van der Waals surface area (Å²) in [5.74, 6) is 0.656. The van der Waals surface area contributed by atoms with Crippen LogP contribution in [0.1, 0.15) is 37.0 Å². The van der Waals surface area contributed by atoms with Crippen molar-refractivity contribution < 1.29 is 9.53 Å². The largest absolute Gasteiger partial charge is 0.494 e. The van der Waals surface area contributed by atoms with E-state index in [9.17, 15) is 4.79 Å². The van der Waals surface area contributed by atoms with Crippen LogP contribution in [0, 0.1) is 0 Å². The normalized spacial score (nSPS) is 11.8. The van der Waals surface area contributed by atoms with Gasteiger partial charge in [0.15, 0.2) is 0 Å². The van der Waals surface area contributed by atoms with Crippen LogP contribution in [0.25, 0.3) is 0 Å². The topological polar surface area (TPSA) is 55.6 Å². The molecule has 20 heavy (non-hydrogen) atoms. The molecule has 0 heterocycles. The molecule has 0 spiro atoms. The van der Waals surface area contributed by atoms with Gasteiger partial charge in [0.25, 0.3) is 5.91 Å². The molecule has 0 aliphatic heterocycles. The van der Waals surface area contributed by atoms with Crippen LogP contribution in [0.3, 0.4) is 0 Å². The summed E-state index contributed by atoms with van der Waals surface area (Å²) in [6.07, 6.45) is 1.45. The zero-order chi connectivity index (χ0) is 15.1. The van der Waals surface area contributed by atoms with Gasteiger partial charge in [0.2, 0.25) is 0 Å². The second kappa shape index (κ2) is 7.85. The maximum atomic E-state index is 12.4. The van der Waals surface area contributed by atoms with E-state index < -0.39 is 0 Å². The third-order valence-corrected chi connectivity index (χ3v) is 3.20. The molecule has 0 aliphatic rings. The van der Waals surface area contributed by atoms with Crippen LogP contribution >= 0.6 is 12.2 Å². The Labute approximate surface area is 125 Å². The molecule has 5 heteroatoms. The van der Waals surface area contributed by atoms with Crippen LogP contribution in [0.5, 0.6) is 5.75 Å². The third-order valence-electron chi connectivity index (χ3n) is 3.03. The first-order chi connectivity index (χ1) is 9.45. The van der Waals surface area contributed by atoms with E-state index in [0.29, 0.717) is 29.3 Å². The van der Waals surface area contributed by atoms with Gasteiger partial charge in [-0.15, -0.1) is 0 Å².